The number of rotatable bonds is 4. The van der Waals surface area contributed by atoms with Crippen LogP contribution < -0.4 is 16.3 Å². The van der Waals surface area contributed by atoms with Crippen molar-refractivity contribution in [2.45, 2.75) is 0 Å². The predicted octanol–water partition coefficient (Wildman–Crippen LogP) is 1.21. The van der Waals surface area contributed by atoms with Crippen molar-refractivity contribution in [1.82, 2.24) is 9.55 Å². The summed E-state index contributed by atoms with van der Waals surface area (Å²) >= 11 is 0. The minimum atomic E-state index is -0.473. The number of nitrogens with zero attached hydrogens (tertiary/aromatic N) is 3. The lowest BCUT2D eigenvalue weighted by molar-refractivity contribution is 0.766. The minimum Gasteiger partial charge on any atom is -0.292 e. The Kier molecular flexibility index (Phi) is 4.50. The standard InChI is InChI=1S/C15H16N4O2/c1-18-14(20)11-13(17-15(18)21)19(2)16-10-6-9-12-7-4-3-5-8-12/h3-11H,1-2H3,(H,17,21). The number of hydrogen-bond donors (Lipinski definition) is 1. The summed E-state index contributed by atoms with van der Waals surface area (Å²) < 4.78 is 0.996. The summed E-state index contributed by atoms with van der Waals surface area (Å²) in [5.41, 5.74) is 0.212. The van der Waals surface area contributed by atoms with E-state index in [0.717, 1.165) is 10.1 Å². The second-order valence-electron chi connectivity index (χ2n) is 4.41. The Morgan fingerprint density at radius 1 is 1.24 bits per heavy atom. The average molecular weight is 284 g/mol. The van der Waals surface area contributed by atoms with Crippen molar-refractivity contribution in [3.63, 3.8) is 0 Å². The first-order valence-electron chi connectivity index (χ1n) is 6.38. The highest BCUT2D eigenvalue weighted by Crippen LogP contribution is 2.03. The average Bonchev–Trinajstić information content (AvgIpc) is 2.49. The Morgan fingerprint density at radius 3 is 2.62 bits per heavy atom. The number of allylic oxidation sites excluding steroid dienone is 1. The SMILES string of the molecule is CN(N=CC=Cc1ccccc1)c1cc(=O)n(C)c(=O)[nH]1. The molecule has 1 aromatic carbocycles. The van der Waals surface area contributed by atoms with Gasteiger partial charge in [-0.2, -0.15) is 5.10 Å². The van der Waals surface area contributed by atoms with Crippen molar-refractivity contribution in [2.75, 3.05) is 12.1 Å². The van der Waals surface area contributed by atoms with E-state index < -0.39 is 5.69 Å². The first-order valence-corrected chi connectivity index (χ1v) is 6.38. The zero-order chi connectivity index (χ0) is 15.2. The van der Waals surface area contributed by atoms with Crippen LogP contribution in [-0.4, -0.2) is 22.8 Å². The molecule has 6 heteroatoms. The number of aromatic amines is 1. The van der Waals surface area contributed by atoms with Crippen LogP contribution in [0.2, 0.25) is 0 Å². The maximum Gasteiger partial charge on any atom is 0.329 e. The van der Waals surface area contributed by atoms with Gasteiger partial charge in [0, 0.05) is 26.4 Å². The third-order valence-electron chi connectivity index (χ3n) is 2.89. The molecule has 0 aliphatic carbocycles. The highest BCUT2D eigenvalue weighted by atomic mass is 16.2. The van der Waals surface area contributed by atoms with Gasteiger partial charge < -0.3 is 0 Å². The minimum absolute atomic E-state index is 0.340. The number of H-pyrrole nitrogens is 1. The highest BCUT2D eigenvalue weighted by molar-refractivity contribution is 5.78. The number of hydrazone groups is 1. The summed E-state index contributed by atoms with van der Waals surface area (Å²) in [5, 5.41) is 5.55. The normalized spacial score (nSPS) is 11.3. The molecule has 2 aromatic rings. The van der Waals surface area contributed by atoms with Gasteiger partial charge in [-0.05, 0) is 11.6 Å². The summed E-state index contributed by atoms with van der Waals surface area (Å²) in [5.74, 6) is 0.340. The Balaban J connectivity index is 2.09. The Morgan fingerprint density at radius 2 is 1.95 bits per heavy atom. The number of anilines is 1. The van der Waals surface area contributed by atoms with Gasteiger partial charge in [-0.15, -0.1) is 0 Å². The summed E-state index contributed by atoms with van der Waals surface area (Å²) in [6.45, 7) is 0. The predicted molar refractivity (Wildman–Crippen MR) is 84.7 cm³/mol. The van der Waals surface area contributed by atoms with E-state index >= 15 is 0 Å². The van der Waals surface area contributed by atoms with Crippen molar-refractivity contribution in [3.05, 3.63) is 68.9 Å². The van der Waals surface area contributed by atoms with Crippen LogP contribution >= 0.6 is 0 Å². The molecule has 0 saturated heterocycles. The lowest BCUT2D eigenvalue weighted by Gasteiger charge is -2.11. The van der Waals surface area contributed by atoms with Gasteiger partial charge >= 0.3 is 5.69 Å². The number of aromatic nitrogens is 2. The van der Waals surface area contributed by atoms with E-state index in [-0.39, 0.29) is 5.56 Å². The Labute approximate surface area is 121 Å². The van der Waals surface area contributed by atoms with Crippen LogP contribution in [0.3, 0.4) is 0 Å². The van der Waals surface area contributed by atoms with Crippen molar-refractivity contribution in [2.24, 2.45) is 12.1 Å². The van der Waals surface area contributed by atoms with Gasteiger partial charge in [0.1, 0.15) is 5.82 Å². The molecule has 1 heterocycles. The zero-order valence-electron chi connectivity index (χ0n) is 11.9. The fourth-order valence-corrected chi connectivity index (χ4v) is 1.64. The third kappa shape index (κ3) is 3.79. The largest absolute Gasteiger partial charge is 0.329 e. The molecule has 0 saturated carbocycles. The molecule has 0 unspecified atom stereocenters. The summed E-state index contributed by atoms with van der Waals surface area (Å²) in [4.78, 5) is 25.6. The molecule has 0 radical (unpaired) electrons. The summed E-state index contributed by atoms with van der Waals surface area (Å²) in [6, 6.07) is 11.1. The van der Waals surface area contributed by atoms with Crippen LogP contribution in [0.5, 0.6) is 0 Å². The molecular weight excluding hydrogens is 268 g/mol. The highest BCUT2D eigenvalue weighted by Gasteiger charge is 2.03. The van der Waals surface area contributed by atoms with Gasteiger partial charge in [0.25, 0.3) is 5.56 Å². The maximum atomic E-state index is 11.5. The van der Waals surface area contributed by atoms with E-state index in [0.29, 0.717) is 5.82 Å². The molecule has 108 valence electrons. The number of benzene rings is 1. The topological polar surface area (TPSA) is 70.5 Å². The number of nitrogens with one attached hydrogen (secondary N) is 1. The first-order chi connectivity index (χ1) is 10.1. The van der Waals surface area contributed by atoms with Crippen molar-refractivity contribution in [3.8, 4) is 0 Å². The molecule has 2 rings (SSSR count). The number of hydrogen-bond acceptors (Lipinski definition) is 4. The third-order valence-corrected chi connectivity index (χ3v) is 2.89. The quantitative estimate of drug-likeness (QED) is 0.677. The summed E-state index contributed by atoms with van der Waals surface area (Å²) in [7, 11) is 3.06. The van der Waals surface area contributed by atoms with E-state index in [1.165, 1.54) is 18.1 Å². The maximum absolute atomic E-state index is 11.5. The fraction of sp³-hybridized carbons (Fsp3) is 0.133. The molecule has 0 aliphatic heterocycles. The van der Waals surface area contributed by atoms with Crippen LogP contribution in [-0.2, 0) is 7.05 Å². The molecule has 0 spiro atoms. The molecular formula is C15H16N4O2. The molecule has 1 N–H and O–H groups in total. The van der Waals surface area contributed by atoms with Crippen LogP contribution in [0.4, 0.5) is 5.82 Å². The van der Waals surface area contributed by atoms with Gasteiger partial charge in [0.2, 0.25) is 0 Å². The zero-order valence-corrected chi connectivity index (χ0v) is 11.9. The second-order valence-corrected chi connectivity index (χ2v) is 4.41. The van der Waals surface area contributed by atoms with Crippen LogP contribution in [0.25, 0.3) is 6.08 Å². The van der Waals surface area contributed by atoms with Gasteiger partial charge in [0.05, 0.1) is 0 Å². The van der Waals surface area contributed by atoms with Gasteiger partial charge in [-0.3, -0.25) is 19.4 Å². The first kappa shape index (κ1) is 14.5. The van der Waals surface area contributed by atoms with E-state index in [4.69, 9.17) is 0 Å². The molecule has 1 aromatic heterocycles. The molecule has 21 heavy (non-hydrogen) atoms. The molecule has 0 aliphatic rings. The van der Waals surface area contributed by atoms with Gasteiger partial charge in [-0.1, -0.05) is 36.4 Å². The molecule has 0 atom stereocenters. The van der Waals surface area contributed by atoms with Gasteiger partial charge in [0.15, 0.2) is 0 Å². The molecule has 0 bridgehead atoms. The second kappa shape index (κ2) is 6.51. The van der Waals surface area contributed by atoms with E-state index in [1.54, 1.807) is 19.3 Å². The lowest BCUT2D eigenvalue weighted by Crippen LogP contribution is -2.33. The summed E-state index contributed by atoms with van der Waals surface area (Å²) in [6.07, 6.45) is 5.28. The van der Waals surface area contributed by atoms with Crippen molar-refractivity contribution in [1.29, 1.82) is 0 Å². The van der Waals surface area contributed by atoms with Gasteiger partial charge in [-0.25, -0.2) is 4.79 Å². The van der Waals surface area contributed by atoms with E-state index in [2.05, 4.69) is 10.1 Å². The Bertz CT molecular complexity index is 741. The van der Waals surface area contributed by atoms with Crippen molar-refractivity contribution < 1.29 is 0 Å². The van der Waals surface area contributed by atoms with E-state index in [1.807, 2.05) is 36.4 Å². The van der Waals surface area contributed by atoms with Crippen LogP contribution in [0, 0.1) is 0 Å². The van der Waals surface area contributed by atoms with Crippen LogP contribution in [0.15, 0.2) is 57.2 Å². The van der Waals surface area contributed by atoms with E-state index in [9.17, 15) is 9.59 Å². The molecule has 6 nitrogen and oxygen atoms in total. The molecule has 0 amide bonds. The molecule has 0 fully saturated rings. The van der Waals surface area contributed by atoms with Crippen LogP contribution in [0.1, 0.15) is 5.56 Å². The Hall–Kier alpha value is -2.89. The lowest BCUT2D eigenvalue weighted by atomic mass is 10.2. The van der Waals surface area contributed by atoms with Crippen molar-refractivity contribution >= 4 is 18.1 Å². The monoisotopic (exact) mass is 284 g/mol. The smallest absolute Gasteiger partial charge is 0.292 e. The fourth-order valence-electron chi connectivity index (χ4n) is 1.64.